The molecule has 2 aromatic rings. The molecule has 0 heterocycles. The number of hydrogen-bond acceptors (Lipinski definition) is 4. The zero-order chi connectivity index (χ0) is 18.2. The van der Waals surface area contributed by atoms with Crippen LogP contribution in [0.5, 0.6) is 0 Å². The van der Waals surface area contributed by atoms with Gasteiger partial charge in [0, 0.05) is 10.2 Å². The smallest absolute Gasteiger partial charge is 0.338 e. The van der Waals surface area contributed by atoms with Crippen molar-refractivity contribution in [3.05, 3.63) is 69.7 Å². The van der Waals surface area contributed by atoms with Crippen LogP contribution in [0.2, 0.25) is 0 Å². The van der Waals surface area contributed by atoms with Gasteiger partial charge in [-0.25, -0.2) is 4.79 Å². The summed E-state index contributed by atoms with van der Waals surface area (Å²) >= 11 is 3.37. The molecule has 2 aromatic carbocycles. The lowest BCUT2D eigenvalue weighted by Gasteiger charge is -2.06. The number of esters is 1. The van der Waals surface area contributed by atoms with Gasteiger partial charge in [-0.15, -0.1) is 0 Å². The molecule has 0 spiro atoms. The lowest BCUT2D eigenvalue weighted by atomic mass is 10.1. The van der Waals surface area contributed by atoms with Gasteiger partial charge in [0.15, 0.2) is 0 Å². The Hall–Kier alpha value is -2.91. The molecule has 0 aliphatic rings. The highest BCUT2D eigenvalue weighted by atomic mass is 79.9. The minimum atomic E-state index is -0.526. The monoisotopic (exact) mass is 398 g/mol. The van der Waals surface area contributed by atoms with E-state index in [9.17, 15) is 14.9 Å². The van der Waals surface area contributed by atoms with E-state index in [-0.39, 0.29) is 5.57 Å². The lowest BCUT2D eigenvalue weighted by molar-refractivity contribution is -0.112. The minimum absolute atomic E-state index is 0.0265. The number of anilines is 1. The molecule has 2 rings (SSSR count). The SMILES string of the molecule is CCOC(=O)c1ccc(NC(=O)C(C#N)=Cc2ccccc2Br)cc1. The first-order chi connectivity index (χ1) is 12.0. The molecule has 0 radical (unpaired) electrons. The van der Waals surface area contributed by atoms with Crippen molar-refractivity contribution in [2.24, 2.45) is 0 Å². The Morgan fingerprint density at radius 3 is 2.48 bits per heavy atom. The van der Waals surface area contributed by atoms with Crippen molar-refractivity contribution in [2.45, 2.75) is 6.92 Å². The molecule has 25 heavy (non-hydrogen) atoms. The molecule has 0 aliphatic carbocycles. The summed E-state index contributed by atoms with van der Waals surface area (Å²) in [5.74, 6) is -0.950. The summed E-state index contributed by atoms with van der Waals surface area (Å²) in [5.41, 5.74) is 1.57. The molecule has 0 saturated heterocycles. The van der Waals surface area contributed by atoms with Crippen molar-refractivity contribution in [3.8, 4) is 6.07 Å². The van der Waals surface area contributed by atoms with Crippen molar-refractivity contribution in [3.63, 3.8) is 0 Å². The summed E-state index contributed by atoms with van der Waals surface area (Å²) < 4.78 is 5.69. The molecule has 0 fully saturated rings. The number of ether oxygens (including phenoxy) is 1. The van der Waals surface area contributed by atoms with Crippen LogP contribution in [0, 0.1) is 11.3 Å². The van der Waals surface area contributed by atoms with Gasteiger partial charge < -0.3 is 10.1 Å². The summed E-state index contributed by atoms with van der Waals surface area (Å²) in [6.45, 7) is 2.02. The molecule has 0 aliphatic heterocycles. The number of benzene rings is 2. The van der Waals surface area contributed by atoms with Crippen molar-refractivity contribution in [2.75, 3.05) is 11.9 Å². The molecule has 5 nitrogen and oxygen atoms in total. The Bertz CT molecular complexity index is 852. The maximum Gasteiger partial charge on any atom is 0.338 e. The fourth-order valence-electron chi connectivity index (χ4n) is 2.00. The van der Waals surface area contributed by atoms with Crippen LogP contribution in [-0.4, -0.2) is 18.5 Å². The van der Waals surface area contributed by atoms with Crippen LogP contribution < -0.4 is 5.32 Å². The molecule has 126 valence electrons. The number of carbonyl (C=O) groups excluding carboxylic acids is 2. The molecule has 0 saturated carbocycles. The van der Waals surface area contributed by atoms with E-state index in [2.05, 4.69) is 21.2 Å². The Kier molecular flexibility index (Phi) is 6.49. The quantitative estimate of drug-likeness (QED) is 0.465. The largest absolute Gasteiger partial charge is 0.462 e. The fraction of sp³-hybridized carbons (Fsp3) is 0.105. The van der Waals surface area contributed by atoms with Gasteiger partial charge >= 0.3 is 5.97 Å². The Morgan fingerprint density at radius 1 is 1.20 bits per heavy atom. The van der Waals surface area contributed by atoms with Crippen molar-refractivity contribution < 1.29 is 14.3 Å². The molecular formula is C19H15BrN2O3. The summed E-state index contributed by atoms with van der Waals surface area (Å²) in [6, 6.07) is 15.4. The topological polar surface area (TPSA) is 79.2 Å². The molecule has 0 atom stereocenters. The van der Waals surface area contributed by atoms with E-state index in [4.69, 9.17) is 4.74 Å². The maximum atomic E-state index is 12.3. The second kappa shape index (κ2) is 8.81. The van der Waals surface area contributed by atoms with Gasteiger partial charge in [-0.05, 0) is 48.9 Å². The van der Waals surface area contributed by atoms with Crippen LogP contribution in [0.1, 0.15) is 22.8 Å². The standard InChI is InChI=1S/C19H15BrN2O3/c1-2-25-19(24)13-7-9-16(10-8-13)22-18(23)15(12-21)11-14-5-3-4-6-17(14)20/h3-11H,2H2,1H3,(H,22,23). The van der Waals surface area contributed by atoms with E-state index < -0.39 is 11.9 Å². The van der Waals surface area contributed by atoms with Gasteiger partial charge in [-0.1, -0.05) is 34.1 Å². The zero-order valence-electron chi connectivity index (χ0n) is 13.5. The second-order valence-electron chi connectivity index (χ2n) is 4.94. The van der Waals surface area contributed by atoms with E-state index in [0.717, 1.165) is 10.0 Å². The predicted octanol–water partition coefficient (Wildman–Crippen LogP) is 4.17. The van der Waals surface area contributed by atoms with Gasteiger partial charge in [0.2, 0.25) is 0 Å². The fourth-order valence-corrected chi connectivity index (χ4v) is 2.40. The van der Waals surface area contributed by atoms with Crippen LogP contribution in [-0.2, 0) is 9.53 Å². The minimum Gasteiger partial charge on any atom is -0.462 e. The Balaban J connectivity index is 2.14. The van der Waals surface area contributed by atoms with Gasteiger partial charge in [0.05, 0.1) is 12.2 Å². The van der Waals surface area contributed by atoms with Crippen molar-refractivity contribution in [1.29, 1.82) is 5.26 Å². The first kappa shape index (κ1) is 18.4. The number of nitrogens with zero attached hydrogens (tertiary/aromatic N) is 1. The van der Waals surface area contributed by atoms with E-state index in [1.807, 2.05) is 24.3 Å². The molecular weight excluding hydrogens is 384 g/mol. The average Bonchev–Trinajstić information content (AvgIpc) is 2.61. The first-order valence-electron chi connectivity index (χ1n) is 7.50. The molecule has 1 amide bonds. The molecule has 6 heteroatoms. The highest BCUT2D eigenvalue weighted by Crippen LogP contribution is 2.19. The number of halogens is 1. The summed E-state index contributed by atoms with van der Waals surface area (Å²) in [4.78, 5) is 23.9. The number of hydrogen-bond donors (Lipinski definition) is 1. The van der Waals surface area contributed by atoms with Crippen LogP contribution in [0.3, 0.4) is 0 Å². The molecule has 0 unspecified atom stereocenters. The van der Waals surface area contributed by atoms with Gasteiger partial charge in [0.25, 0.3) is 5.91 Å². The van der Waals surface area contributed by atoms with Crippen molar-refractivity contribution in [1.82, 2.24) is 0 Å². The predicted molar refractivity (Wildman–Crippen MR) is 98.8 cm³/mol. The number of nitrogens with one attached hydrogen (secondary N) is 1. The van der Waals surface area contributed by atoms with E-state index in [1.165, 1.54) is 6.08 Å². The molecule has 0 bridgehead atoms. The Morgan fingerprint density at radius 2 is 1.88 bits per heavy atom. The van der Waals surface area contributed by atoms with Crippen LogP contribution in [0.15, 0.2) is 58.6 Å². The van der Waals surface area contributed by atoms with Crippen LogP contribution >= 0.6 is 15.9 Å². The average molecular weight is 399 g/mol. The van der Waals surface area contributed by atoms with E-state index in [1.54, 1.807) is 37.3 Å². The van der Waals surface area contributed by atoms with E-state index in [0.29, 0.717) is 17.9 Å². The van der Waals surface area contributed by atoms with Crippen LogP contribution in [0.4, 0.5) is 5.69 Å². The second-order valence-corrected chi connectivity index (χ2v) is 5.80. The number of nitriles is 1. The highest BCUT2D eigenvalue weighted by Gasteiger charge is 2.11. The lowest BCUT2D eigenvalue weighted by Crippen LogP contribution is -2.13. The summed E-state index contributed by atoms with van der Waals surface area (Å²) in [7, 11) is 0. The molecule has 0 aromatic heterocycles. The van der Waals surface area contributed by atoms with Gasteiger partial charge in [0.1, 0.15) is 11.6 Å². The summed E-state index contributed by atoms with van der Waals surface area (Å²) in [5, 5.41) is 11.9. The third-order valence-corrected chi connectivity index (χ3v) is 3.95. The third kappa shape index (κ3) is 5.03. The number of amides is 1. The van der Waals surface area contributed by atoms with Gasteiger partial charge in [-0.3, -0.25) is 4.79 Å². The first-order valence-corrected chi connectivity index (χ1v) is 8.29. The summed E-state index contributed by atoms with van der Waals surface area (Å²) in [6.07, 6.45) is 1.51. The van der Waals surface area contributed by atoms with Crippen molar-refractivity contribution >= 4 is 39.6 Å². The van der Waals surface area contributed by atoms with Crippen LogP contribution in [0.25, 0.3) is 6.08 Å². The van der Waals surface area contributed by atoms with Gasteiger partial charge in [-0.2, -0.15) is 5.26 Å². The van der Waals surface area contributed by atoms with E-state index >= 15 is 0 Å². The zero-order valence-corrected chi connectivity index (χ0v) is 15.0. The third-order valence-electron chi connectivity index (χ3n) is 3.22. The maximum absolute atomic E-state index is 12.3. The Labute approximate surface area is 154 Å². The molecule has 1 N–H and O–H groups in total. The number of carbonyl (C=O) groups is 2. The number of rotatable bonds is 5. The highest BCUT2D eigenvalue weighted by molar-refractivity contribution is 9.10. The normalized spacial score (nSPS) is 10.7.